The molecule has 94 valence electrons. The Kier molecular flexibility index (Phi) is 3.04. The lowest BCUT2D eigenvalue weighted by molar-refractivity contribution is -0.115. The standard InChI is InChI=1S/C10H9ClN4O3/c1-5-9(10(16)13-12)15(18)8-4-6(11)2-3-7(8)14(5)17/h2-4,12,17-18H,1H3. The van der Waals surface area contributed by atoms with Crippen LogP contribution in [0.4, 0.5) is 11.4 Å². The molecule has 0 saturated heterocycles. The maximum absolute atomic E-state index is 11.4. The molecular weight excluding hydrogens is 260 g/mol. The maximum Gasteiger partial charge on any atom is 0.315 e. The molecule has 8 heteroatoms. The lowest BCUT2D eigenvalue weighted by Crippen LogP contribution is -2.35. The van der Waals surface area contributed by atoms with E-state index in [4.69, 9.17) is 17.1 Å². The normalized spacial score (nSPS) is 14.7. The van der Waals surface area contributed by atoms with Gasteiger partial charge in [-0.15, -0.1) is 5.11 Å². The zero-order valence-corrected chi connectivity index (χ0v) is 10.0. The van der Waals surface area contributed by atoms with Crippen molar-refractivity contribution in [3.63, 3.8) is 0 Å². The molecule has 0 bridgehead atoms. The van der Waals surface area contributed by atoms with Gasteiger partial charge in [0.25, 0.3) is 0 Å². The molecule has 1 amide bonds. The number of fused-ring (bicyclic) bond motifs is 1. The average Bonchev–Trinajstić information content (AvgIpc) is 2.36. The summed E-state index contributed by atoms with van der Waals surface area (Å²) in [6, 6.07) is 4.40. The number of hydroxylamine groups is 2. The fraction of sp³-hybridized carbons (Fsp3) is 0.100. The van der Waals surface area contributed by atoms with Crippen LogP contribution in [0.25, 0.3) is 0 Å². The third-order valence-electron chi connectivity index (χ3n) is 2.57. The Labute approximate surface area is 107 Å². The number of nitrogens with zero attached hydrogens (tertiary/aromatic N) is 3. The number of nitrogens with one attached hydrogen (secondary N) is 1. The van der Waals surface area contributed by atoms with Crippen molar-refractivity contribution in [3.8, 4) is 0 Å². The van der Waals surface area contributed by atoms with Crippen LogP contribution < -0.4 is 10.1 Å². The first kappa shape index (κ1) is 12.5. The van der Waals surface area contributed by atoms with Crippen molar-refractivity contribution in [3.05, 3.63) is 34.6 Å². The van der Waals surface area contributed by atoms with E-state index >= 15 is 0 Å². The summed E-state index contributed by atoms with van der Waals surface area (Å²) in [5.41, 5.74) is 6.85. The summed E-state index contributed by atoms with van der Waals surface area (Å²) >= 11 is 5.79. The van der Waals surface area contributed by atoms with Gasteiger partial charge < -0.3 is 0 Å². The largest absolute Gasteiger partial charge is 0.315 e. The van der Waals surface area contributed by atoms with Gasteiger partial charge in [0.1, 0.15) is 0 Å². The second-order valence-electron chi connectivity index (χ2n) is 3.61. The van der Waals surface area contributed by atoms with E-state index in [1.165, 1.54) is 25.1 Å². The Morgan fingerprint density at radius 1 is 1.33 bits per heavy atom. The highest BCUT2D eigenvalue weighted by Crippen LogP contribution is 2.39. The summed E-state index contributed by atoms with van der Waals surface area (Å²) in [7, 11) is 0. The van der Waals surface area contributed by atoms with E-state index in [0.29, 0.717) is 10.1 Å². The predicted octanol–water partition coefficient (Wildman–Crippen LogP) is 2.53. The molecule has 2 rings (SSSR count). The average molecular weight is 269 g/mol. The monoisotopic (exact) mass is 268 g/mol. The molecular formula is C10H9ClN4O3. The first-order valence-corrected chi connectivity index (χ1v) is 5.25. The minimum atomic E-state index is -0.973. The van der Waals surface area contributed by atoms with Gasteiger partial charge in [-0.1, -0.05) is 11.6 Å². The van der Waals surface area contributed by atoms with Crippen molar-refractivity contribution in [2.75, 3.05) is 10.1 Å². The highest BCUT2D eigenvalue weighted by molar-refractivity contribution is 6.31. The van der Waals surface area contributed by atoms with Crippen LogP contribution in [0.3, 0.4) is 0 Å². The zero-order valence-electron chi connectivity index (χ0n) is 9.25. The molecule has 0 fully saturated rings. The summed E-state index contributed by atoms with van der Waals surface area (Å²) in [5.74, 6) is -0.973. The third-order valence-corrected chi connectivity index (χ3v) is 2.81. The molecule has 0 atom stereocenters. The van der Waals surface area contributed by atoms with Crippen LogP contribution in [-0.2, 0) is 4.79 Å². The van der Waals surface area contributed by atoms with Gasteiger partial charge in [0.05, 0.1) is 17.1 Å². The van der Waals surface area contributed by atoms with Gasteiger partial charge in [-0.2, -0.15) is 0 Å². The van der Waals surface area contributed by atoms with Crippen LogP contribution in [-0.4, -0.2) is 16.3 Å². The summed E-state index contributed by atoms with van der Waals surface area (Å²) < 4.78 is 0. The number of allylic oxidation sites excluding steroid dienone is 1. The van der Waals surface area contributed by atoms with E-state index in [1.54, 1.807) is 0 Å². The number of hydrogen-bond donors (Lipinski definition) is 3. The number of halogens is 1. The number of benzene rings is 1. The summed E-state index contributed by atoms with van der Waals surface area (Å²) in [6.07, 6.45) is 0. The predicted molar refractivity (Wildman–Crippen MR) is 62.8 cm³/mol. The van der Waals surface area contributed by atoms with E-state index in [0.717, 1.165) is 5.06 Å². The van der Waals surface area contributed by atoms with Crippen molar-refractivity contribution in [2.24, 2.45) is 5.11 Å². The summed E-state index contributed by atoms with van der Waals surface area (Å²) in [6.45, 7) is 1.42. The molecule has 0 aliphatic carbocycles. The SMILES string of the molecule is CC1=C(C(=O)N=N)N(O)c2cc(Cl)ccc2N1O. The molecule has 0 spiro atoms. The van der Waals surface area contributed by atoms with Gasteiger partial charge in [0.15, 0.2) is 5.70 Å². The molecule has 7 nitrogen and oxygen atoms in total. The molecule has 1 aromatic rings. The molecule has 0 unspecified atom stereocenters. The number of amides is 1. The second kappa shape index (κ2) is 4.37. The summed E-state index contributed by atoms with van der Waals surface area (Å²) in [4.78, 5) is 11.4. The highest BCUT2D eigenvalue weighted by Gasteiger charge is 2.31. The lowest BCUT2D eigenvalue weighted by atomic mass is 10.1. The fourth-order valence-corrected chi connectivity index (χ4v) is 1.86. The quantitative estimate of drug-likeness (QED) is 0.680. The molecule has 1 heterocycles. The van der Waals surface area contributed by atoms with Crippen molar-refractivity contribution in [1.82, 2.24) is 0 Å². The third kappa shape index (κ3) is 1.74. The van der Waals surface area contributed by atoms with Gasteiger partial charge in [0.2, 0.25) is 0 Å². The highest BCUT2D eigenvalue weighted by atomic mass is 35.5. The Morgan fingerprint density at radius 2 is 2.00 bits per heavy atom. The van der Waals surface area contributed by atoms with Crippen LogP contribution in [0.1, 0.15) is 6.92 Å². The fourth-order valence-electron chi connectivity index (χ4n) is 1.70. The molecule has 3 N–H and O–H groups in total. The van der Waals surface area contributed by atoms with E-state index in [-0.39, 0.29) is 22.8 Å². The number of hydrogen-bond acceptors (Lipinski definition) is 6. The van der Waals surface area contributed by atoms with E-state index in [9.17, 15) is 15.2 Å². The van der Waals surface area contributed by atoms with Gasteiger partial charge >= 0.3 is 5.91 Å². The van der Waals surface area contributed by atoms with Gasteiger partial charge in [-0.05, 0) is 25.1 Å². The molecule has 0 aromatic heterocycles. The minimum absolute atomic E-state index is 0.0633. The number of carbonyl (C=O) groups excluding carboxylic acids is 1. The Hall–Kier alpha value is -1.96. The maximum atomic E-state index is 11.4. The topological polar surface area (TPSA) is 100 Å². The van der Waals surface area contributed by atoms with Gasteiger partial charge in [-0.3, -0.25) is 15.2 Å². The molecule has 1 aliphatic heterocycles. The van der Waals surface area contributed by atoms with Crippen molar-refractivity contribution < 1.29 is 15.2 Å². The second-order valence-corrected chi connectivity index (χ2v) is 4.04. The van der Waals surface area contributed by atoms with E-state index < -0.39 is 5.91 Å². The molecule has 0 radical (unpaired) electrons. The molecule has 1 aliphatic rings. The van der Waals surface area contributed by atoms with Gasteiger partial charge in [-0.25, -0.2) is 15.7 Å². The zero-order chi connectivity index (χ0) is 13.4. The Morgan fingerprint density at radius 3 is 2.61 bits per heavy atom. The number of rotatable bonds is 1. The summed E-state index contributed by atoms with van der Waals surface area (Å²) in [5, 5.41) is 24.2. The number of anilines is 2. The Balaban J connectivity index is 2.63. The van der Waals surface area contributed by atoms with Crippen LogP contribution in [0, 0.1) is 5.53 Å². The molecule has 0 saturated carbocycles. The van der Waals surface area contributed by atoms with Crippen LogP contribution >= 0.6 is 11.6 Å². The van der Waals surface area contributed by atoms with Gasteiger partial charge in [0, 0.05) is 5.02 Å². The molecule has 1 aromatic carbocycles. The minimum Gasteiger partial charge on any atom is -0.284 e. The first-order chi connectivity index (χ1) is 8.47. The van der Waals surface area contributed by atoms with Crippen LogP contribution in [0.5, 0.6) is 0 Å². The smallest absolute Gasteiger partial charge is 0.284 e. The van der Waals surface area contributed by atoms with Crippen LogP contribution in [0.2, 0.25) is 5.02 Å². The van der Waals surface area contributed by atoms with Crippen molar-refractivity contribution in [1.29, 1.82) is 5.53 Å². The van der Waals surface area contributed by atoms with Crippen molar-refractivity contribution >= 4 is 28.9 Å². The van der Waals surface area contributed by atoms with E-state index in [1.807, 2.05) is 0 Å². The lowest BCUT2D eigenvalue weighted by Gasteiger charge is -2.32. The first-order valence-electron chi connectivity index (χ1n) is 4.87. The van der Waals surface area contributed by atoms with Crippen molar-refractivity contribution in [2.45, 2.75) is 6.92 Å². The molecule has 18 heavy (non-hydrogen) atoms. The number of carbonyl (C=O) groups is 1. The Bertz CT molecular complexity index is 572. The van der Waals surface area contributed by atoms with E-state index in [2.05, 4.69) is 5.11 Å². The van der Waals surface area contributed by atoms with Crippen LogP contribution in [0.15, 0.2) is 34.7 Å².